The van der Waals surface area contributed by atoms with Crippen molar-refractivity contribution in [3.63, 3.8) is 0 Å². The lowest BCUT2D eigenvalue weighted by Crippen LogP contribution is -2.49. The summed E-state index contributed by atoms with van der Waals surface area (Å²) < 4.78 is 59.9. The van der Waals surface area contributed by atoms with Gasteiger partial charge in [-0.1, -0.05) is 0 Å². The van der Waals surface area contributed by atoms with Crippen molar-refractivity contribution in [2.75, 3.05) is 5.75 Å². The molecule has 4 saturated carbocycles. The maximum atomic E-state index is 14.0. The standard InChI is InChI=1S/C23H21F3N2O3S/c24-23(25,26)17-7-20(22-8-13-4-14(9-22)6-15(5-13)10-22)28-21(16(17)11-27)32(30)12-18(29)19-2-1-3-31-19/h1-3,7,13-15H,4-6,8-10,12H2. The number of nitrogens with zero attached hydrogens (tertiary/aromatic N) is 2. The van der Waals surface area contributed by atoms with Gasteiger partial charge in [-0.2, -0.15) is 18.4 Å². The smallest absolute Gasteiger partial charge is 0.417 e. The van der Waals surface area contributed by atoms with E-state index in [4.69, 9.17) is 4.42 Å². The van der Waals surface area contributed by atoms with Gasteiger partial charge < -0.3 is 4.42 Å². The summed E-state index contributed by atoms with van der Waals surface area (Å²) in [5.41, 5.74) is -2.09. The molecule has 0 N–H and O–H groups in total. The van der Waals surface area contributed by atoms with Gasteiger partial charge in [0.25, 0.3) is 0 Å². The van der Waals surface area contributed by atoms with Gasteiger partial charge in [-0.25, -0.2) is 4.98 Å². The Kier molecular flexibility index (Phi) is 5.04. The fraction of sp³-hybridized carbons (Fsp3) is 0.522. The van der Waals surface area contributed by atoms with E-state index in [1.807, 2.05) is 0 Å². The summed E-state index contributed by atoms with van der Waals surface area (Å²) in [6.07, 6.45) is 2.12. The highest BCUT2D eigenvalue weighted by atomic mass is 32.2. The van der Waals surface area contributed by atoms with Crippen molar-refractivity contribution in [1.82, 2.24) is 4.98 Å². The molecule has 0 aliphatic heterocycles. The van der Waals surface area contributed by atoms with Crippen LogP contribution < -0.4 is 0 Å². The van der Waals surface area contributed by atoms with Gasteiger partial charge in [-0.3, -0.25) is 9.00 Å². The Hall–Kier alpha value is -2.47. The molecule has 0 radical (unpaired) electrons. The second kappa shape index (κ2) is 7.55. The molecule has 2 aromatic rings. The van der Waals surface area contributed by atoms with Crippen LogP contribution in [0.1, 0.15) is 65.9 Å². The Balaban J connectivity index is 1.59. The van der Waals surface area contributed by atoms with Crippen LogP contribution in [0.2, 0.25) is 0 Å². The summed E-state index contributed by atoms with van der Waals surface area (Å²) in [6, 6.07) is 5.44. The SMILES string of the molecule is N#Cc1c(C(F)(F)F)cc(C23CC4CC(CC(C4)C2)C3)nc1S(=O)CC(=O)c1ccco1. The number of carbonyl (C=O) groups is 1. The van der Waals surface area contributed by atoms with E-state index in [2.05, 4.69) is 4.98 Å². The monoisotopic (exact) mass is 462 g/mol. The first-order valence-corrected chi connectivity index (χ1v) is 12.0. The van der Waals surface area contributed by atoms with Gasteiger partial charge >= 0.3 is 6.18 Å². The zero-order valence-corrected chi connectivity index (χ0v) is 18.0. The van der Waals surface area contributed by atoms with Crippen LogP contribution in [0.5, 0.6) is 0 Å². The Morgan fingerprint density at radius 2 is 1.84 bits per heavy atom. The number of rotatable bonds is 5. The molecule has 4 fully saturated rings. The highest BCUT2D eigenvalue weighted by Crippen LogP contribution is 2.60. The number of hydrogen-bond acceptors (Lipinski definition) is 5. The number of ketones is 1. The van der Waals surface area contributed by atoms with Crippen LogP contribution >= 0.6 is 0 Å². The van der Waals surface area contributed by atoms with E-state index in [-0.39, 0.29) is 11.5 Å². The quantitative estimate of drug-likeness (QED) is 0.583. The molecule has 2 heterocycles. The summed E-state index contributed by atoms with van der Waals surface area (Å²) >= 11 is 0. The molecule has 32 heavy (non-hydrogen) atoms. The number of carbonyl (C=O) groups excluding carboxylic acids is 1. The van der Waals surface area contributed by atoms with Gasteiger partial charge in [-0.15, -0.1) is 0 Å². The Bertz CT molecular complexity index is 1100. The second-order valence-electron chi connectivity index (χ2n) is 9.43. The molecule has 0 aromatic carbocycles. The number of Topliss-reactive ketones (excluding diaryl/α,β-unsaturated/α-hetero) is 1. The van der Waals surface area contributed by atoms with E-state index >= 15 is 0 Å². The third kappa shape index (κ3) is 3.58. The van der Waals surface area contributed by atoms with Crippen LogP contribution in [0.15, 0.2) is 33.9 Å². The topological polar surface area (TPSA) is 84.0 Å². The maximum absolute atomic E-state index is 14.0. The zero-order chi connectivity index (χ0) is 22.7. The largest absolute Gasteiger partial charge is 0.461 e. The van der Waals surface area contributed by atoms with Crippen molar-refractivity contribution in [3.8, 4) is 6.07 Å². The van der Waals surface area contributed by atoms with E-state index in [9.17, 15) is 27.4 Å². The molecular weight excluding hydrogens is 441 g/mol. The van der Waals surface area contributed by atoms with E-state index in [1.165, 1.54) is 18.4 Å². The Morgan fingerprint density at radius 3 is 2.34 bits per heavy atom. The predicted octanol–water partition coefficient (Wildman–Crippen LogP) is 5.02. The average Bonchev–Trinajstić information content (AvgIpc) is 3.26. The number of halogens is 3. The fourth-order valence-electron chi connectivity index (χ4n) is 6.41. The molecule has 0 spiro atoms. The van der Waals surface area contributed by atoms with Gasteiger partial charge in [0, 0.05) is 11.1 Å². The van der Waals surface area contributed by atoms with E-state index < -0.39 is 50.1 Å². The van der Waals surface area contributed by atoms with Gasteiger partial charge in [0.1, 0.15) is 11.1 Å². The zero-order valence-electron chi connectivity index (χ0n) is 17.2. The molecule has 9 heteroatoms. The van der Waals surface area contributed by atoms with Gasteiger partial charge in [0.05, 0.1) is 33.9 Å². The number of pyridine rings is 1. The highest BCUT2D eigenvalue weighted by Gasteiger charge is 2.53. The minimum absolute atomic E-state index is 0.0369. The molecule has 4 aliphatic rings. The van der Waals surface area contributed by atoms with E-state index in [1.54, 1.807) is 6.07 Å². The third-order valence-electron chi connectivity index (χ3n) is 7.26. The summed E-state index contributed by atoms with van der Waals surface area (Å²) in [4.78, 5) is 16.8. The molecular formula is C23H21F3N2O3S. The normalized spacial score (nSPS) is 29.6. The highest BCUT2D eigenvalue weighted by molar-refractivity contribution is 7.85. The van der Waals surface area contributed by atoms with Gasteiger partial charge in [0.2, 0.25) is 5.78 Å². The molecule has 4 bridgehead atoms. The van der Waals surface area contributed by atoms with Gasteiger partial charge in [0.15, 0.2) is 5.76 Å². The molecule has 1 unspecified atom stereocenters. The Morgan fingerprint density at radius 1 is 1.22 bits per heavy atom. The average molecular weight is 462 g/mol. The predicted molar refractivity (Wildman–Crippen MR) is 108 cm³/mol. The number of furan rings is 1. The number of alkyl halides is 3. The fourth-order valence-corrected chi connectivity index (χ4v) is 7.51. The first-order valence-electron chi connectivity index (χ1n) is 10.7. The molecule has 4 aliphatic carbocycles. The van der Waals surface area contributed by atoms with Crippen LogP contribution in [-0.2, 0) is 22.4 Å². The maximum Gasteiger partial charge on any atom is 0.417 e. The van der Waals surface area contributed by atoms with Crippen molar-refractivity contribution < 1.29 is 26.6 Å². The van der Waals surface area contributed by atoms with Crippen LogP contribution in [0.25, 0.3) is 0 Å². The summed E-state index contributed by atoms with van der Waals surface area (Å²) in [5, 5.41) is 9.08. The van der Waals surface area contributed by atoms with Crippen LogP contribution in [0.4, 0.5) is 13.2 Å². The minimum atomic E-state index is -4.80. The lowest BCUT2D eigenvalue weighted by molar-refractivity contribution is -0.138. The third-order valence-corrected chi connectivity index (χ3v) is 8.51. The Labute approximate surface area is 185 Å². The molecule has 6 rings (SSSR count). The first kappa shape index (κ1) is 21.4. The van der Waals surface area contributed by atoms with E-state index in [0.29, 0.717) is 17.8 Å². The number of aromatic nitrogens is 1. The molecule has 168 valence electrons. The van der Waals surface area contributed by atoms with Crippen LogP contribution in [0.3, 0.4) is 0 Å². The molecule has 5 nitrogen and oxygen atoms in total. The summed E-state index contributed by atoms with van der Waals surface area (Å²) in [5.74, 6) is 0.169. The molecule has 0 saturated heterocycles. The second-order valence-corrected chi connectivity index (χ2v) is 10.8. The lowest BCUT2D eigenvalue weighted by Gasteiger charge is -2.56. The van der Waals surface area contributed by atoms with Gasteiger partial charge in [-0.05, 0) is 74.5 Å². The summed E-state index contributed by atoms with van der Waals surface area (Å²) in [6.45, 7) is 0. The van der Waals surface area contributed by atoms with Crippen LogP contribution in [0, 0.1) is 29.1 Å². The number of nitriles is 1. The minimum Gasteiger partial charge on any atom is -0.461 e. The van der Waals surface area contributed by atoms with Crippen molar-refractivity contribution >= 4 is 16.6 Å². The van der Waals surface area contributed by atoms with Crippen LogP contribution in [-0.4, -0.2) is 20.7 Å². The summed E-state index contributed by atoms with van der Waals surface area (Å²) in [7, 11) is -2.22. The van der Waals surface area contributed by atoms with Crippen molar-refractivity contribution in [2.45, 2.75) is 55.1 Å². The van der Waals surface area contributed by atoms with E-state index in [0.717, 1.165) is 44.6 Å². The van der Waals surface area contributed by atoms with Crippen molar-refractivity contribution in [2.24, 2.45) is 17.8 Å². The molecule has 1 atom stereocenters. The molecule has 2 aromatic heterocycles. The first-order chi connectivity index (χ1) is 15.2. The molecule has 0 amide bonds. The van der Waals surface area contributed by atoms with Crippen molar-refractivity contribution in [3.05, 3.63) is 47.0 Å². The number of hydrogen-bond donors (Lipinski definition) is 0. The van der Waals surface area contributed by atoms with Crippen molar-refractivity contribution in [1.29, 1.82) is 5.26 Å². The lowest BCUT2D eigenvalue weighted by atomic mass is 9.48.